The number of amides is 1. The van der Waals surface area contributed by atoms with Gasteiger partial charge in [-0.25, -0.2) is 4.79 Å². The molecule has 1 aliphatic carbocycles. The summed E-state index contributed by atoms with van der Waals surface area (Å²) in [6, 6.07) is 21.5. The molecule has 5 nitrogen and oxygen atoms in total. The van der Waals surface area contributed by atoms with Crippen LogP contribution in [0.25, 0.3) is 0 Å². The summed E-state index contributed by atoms with van der Waals surface area (Å²) in [5.74, 6) is 0.504. The minimum Gasteiger partial charge on any atom is -0.465 e. The molecule has 0 unspecified atom stereocenters. The first-order valence-corrected chi connectivity index (χ1v) is 15.7. The van der Waals surface area contributed by atoms with Crippen molar-refractivity contribution in [3.8, 4) is 0 Å². The number of hydrogen-bond acceptors (Lipinski definition) is 3. The molecule has 37 heavy (non-hydrogen) atoms. The van der Waals surface area contributed by atoms with E-state index >= 15 is 0 Å². The first-order valence-electron chi connectivity index (χ1n) is 13.7. The molecule has 0 heterocycles. The summed E-state index contributed by atoms with van der Waals surface area (Å²) in [6.07, 6.45) is 3.40. The van der Waals surface area contributed by atoms with E-state index in [0.717, 1.165) is 32.3 Å². The number of nitrogens with zero attached hydrogens (tertiary/aromatic N) is 1. The normalized spacial score (nSPS) is 19.9. The van der Waals surface area contributed by atoms with Crippen LogP contribution in [0.5, 0.6) is 0 Å². The van der Waals surface area contributed by atoms with E-state index < -0.39 is 19.9 Å². The fourth-order valence-corrected chi connectivity index (χ4v) is 10.6. The van der Waals surface area contributed by atoms with Gasteiger partial charge in [-0.1, -0.05) is 81.4 Å². The summed E-state index contributed by atoms with van der Waals surface area (Å²) in [5.41, 5.74) is -0.454. The average molecular weight is 526 g/mol. The third-order valence-electron chi connectivity index (χ3n) is 7.69. The lowest BCUT2D eigenvalue weighted by Crippen LogP contribution is -2.67. The Balaban J connectivity index is 1.65. The van der Waals surface area contributed by atoms with Gasteiger partial charge < -0.3 is 14.3 Å². The maximum absolute atomic E-state index is 11.8. The Morgan fingerprint density at radius 3 is 1.81 bits per heavy atom. The van der Waals surface area contributed by atoms with Crippen LogP contribution in [0.15, 0.2) is 60.7 Å². The predicted octanol–water partition coefficient (Wildman–Crippen LogP) is 6.31. The van der Waals surface area contributed by atoms with E-state index in [4.69, 9.17) is 9.16 Å². The van der Waals surface area contributed by atoms with Crippen LogP contribution < -0.4 is 10.4 Å². The van der Waals surface area contributed by atoms with Crippen molar-refractivity contribution in [2.75, 3.05) is 13.2 Å². The van der Waals surface area contributed by atoms with E-state index in [1.807, 2.05) is 27.7 Å². The second-order valence-corrected chi connectivity index (χ2v) is 16.9. The molecule has 2 aromatic rings. The van der Waals surface area contributed by atoms with E-state index in [1.165, 1.54) is 15.3 Å². The van der Waals surface area contributed by atoms with Crippen LogP contribution >= 0.6 is 0 Å². The minimum atomic E-state index is -2.51. The maximum atomic E-state index is 11.8. The molecular weight excluding hydrogens is 478 g/mol. The van der Waals surface area contributed by atoms with Crippen LogP contribution in [-0.2, 0) is 9.16 Å². The quantitative estimate of drug-likeness (QED) is 0.390. The van der Waals surface area contributed by atoms with E-state index in [1.54, 1.807) is 0 Å². The molecular formula is C31H47NO4Si. The molecule has 0 spiro atoms. The van der Waals surface area contributed by atoms with Gasteiger partial charge in [0.1, 0.15) is 0 Å². The summed E-state index contributed by atoms with van der Waals surface area (Å²) < 4.78 is 13.4. The van der Waals surface area contributed by atoms with Gasteiger partial charge in [-0.2, -0.15) is 0 Å². The number of hydrogen-bond donors (Lipinski definition) is 1. The molecule has 0 aliphatic heterocycles. The van der Waals surface area contributed by atoms with Gasteiger partial charge in [0.25, 0.3) is 8.32 Å². The van der Waals surface area contributed by atoms with Gasteiger partial charge in [-0.15, -0.1) is 0 Å². The Kier molecular flexibility index (Phi) is 9.65. The molecule has 1 fully saturated rings. The Labute approximate surface area is 225 Å². The zero-order chi connectivity index (χ0) is 27.3. The van der Waals surface area contributed by atoms with Crippen LogP contribution in [0.1, 0.15) is 74.1 Å². The van der Waals surface area contributed by atoms with Crippen molar-refractivity contribution in [3.63, 3.8) is 0 Å². The van der Waals surface area contributed by atoms with Crippen LogP contribution in [-0.4, -0.2) is 55.3 Å². The summed E-state index contributed by atoms with van der Waals surface area (Å²) >= 11 is 0. The molecule has 1 aliphatic rings. The first-order chi connectivity index (χ1) is 17.4. The highest BCUT2D eigenvalue weighted by molar-refractivity contribution is 6.99. The van der Waals surface area contributed by atoms with E-state index in [2.05, 4.69) is 81.4 Å². The molecule has 6 heteroatoms. The molecule has 3 rings (SSSR count). The molecule has 0 radical (unpaired) electrons. The fourth-order valence-electron chi connectivity index (χ4n) is 5.96. The number of rotatable bonds is 9. The summed E-state index contributed by atoms with van der Waals surface area (Å²) in [6.45, 7) is 15.9. The van der Waals surface area contributed by atoms with Gasteiger partial charge in [0.15, 0.2) is 0 Å². The lowest BCUT2D eigenvalue weighted by Gasteiger charge is -2.44. The Bertz CT molecular complexity index is 936. The first kappa shape index (κ1) is 29.4. The van der Waals surface area contributed by atoms with Crippen molar-refractivity contribution in [3.05, 3.63) is 60.7 Å². The van der Waals surface area contributed by atoms with Gasteiger partial charge in [0.05, 0.1) is 18.8 Å². The third kappa shape index (κ3) is 7.04. The highest BCUT2D eigenvalue weighted by atomic mass is 28.4. The third-order valence-corrected chi connectivity index (χ3v) is 12.7. The Morgan fingerprint density at radius 2 is 1.41 bits per heavy atom. The number of carbonyl (C=O) groups is 1. The molecule has 1 amide bonds. The zero-order valence-electron chi connectivity index (χ0n) is 23.9. The molecule has 204 valence electrons. The van der Waals surface area contributed by atoms with Crippen molar-refractivity contribution in [2.45, 2.75) is 96.9 Å². The van der Waals surface area contributed by atoms with Gasteiger partial charge in [-0.05, 0) is 74.7 Å². The Morgan fingerprint density at radius 1 is 0.919 bits per heavy atom. The predicted molar refractivity (Wildman–Crippen MR) is 154 cm³/mol. The highest BCUT2D eigenvalue weighted by Gasteiger charge is 2.50. The number of ether oxygens (including phenoxy) is 1. The largest absolute Gasteiger partial charge is 0.465 e. The van der Waals surface area contributed by atoms with Gasteiger partial charge in [0.2, 0.25) is 0 Å². The average Bonchev–Trinajstić information content (AvgIpc) is 2.83. The molecule has 1 N–H and O–H groups in total. The molecule has 0 bridgehead atoms. The van der Waals surface area contributed by atoms with Crippen molar-refractivity contribution in [2.24, 2.45) is 5.92 Å². The number of carboxylic acid groups (broad SMARTS) is 1. The van der Waals surface area contributed by atoms with Crippen molar-refractivity contribution in [1.29, 1.82) is 0 Å². The van der Waals surface area contributed by atoms with E-state index in [-0.39, 0.29) is 17.2 Å². The van der Waals surface area contributed by atoms with E-state index in [9.17, 15) is 9.90 Å². The van der Waals surface area contributed by atoms with Crippen LogP contribution in [0.3, 0.4) is 0 Å². The second kappa shape index (κ2) is 12.1. The highest BCUT2D eigenvalue weighted by Crippen LogP contribution is 2.38. The number of benzene rings is 2. The van der Waals surface area contributed by atoms with Gasteiger partial charge >= 0.3 is 6.09 Å². The van der Waals surface area contributed by atoms with Crippen molar-refractivity contribution < 1.29 is 19.1 Å². The summed E-state index contributed by atoms with van der Waals surface area (Å²) in [5, 5.41) is 12.3. The standard InChI is InChI=1S/C31H47NO4Si/c1-24(32(29(33)34)30(2,3)4)22-35-26-20-18-25(19-21-26)23-36-37(31(5,6)7,27-14-10-8-11-15-27)28-16-12-9-13-17-28/h8-17,24-26H,18-23H2,1-7H3,(H,33,34)/t24-,25?,26?/m1/s1. The Hall–Kier alpha value is -2.15. The van der Waals surface area contributed by atoms with Gasteiger partial charge in [0, 0.05) is 12.1 Å². The summed E-state index contributed by atoms with van der Waals surface area (Å²) in [7, 11) is -2.51. The molecule has 1 saturated carbocycles. The zero-order valence-corrected chi connectivity index (χ0v) is 24.9. The van der Waals surface area contributed by atoms with Crippen LogP contribution in [0.2, 0.25) is 5.04 Å². The monoisotopic (exact) mass is 525 g/mol. The fraction of sp³-hybridized carbons (Fsp3) is 0.581. The van der Waals surface area contributed by atoms with Crippen LogP contribution in [0, 0.1) is 5.92 Å². The van der Waals surface area contributed by atoms with Crippen LogP contribution in [0.4, 0.5) is 4.79 Å². The molecule has 0 aromatic heterocycles. The van der Waals surface area contributed by atoms with Crippen molar-refractivity contribution >= 4 is 24.8 Å². The molecule has 0 saturated heterocycles. The molecule has 2 aromatic carbocycles. The van der Waals surface area contributed by atoms with Crippen molar-refractivity contribution in [1.82, 2.24) is 4.90 Å². The SMILES string of the molecule is C[C@H](COC1CCC(CO[Si](c2ccccc2)(c2ccccc2)C(C)(C)C)CC1)N(C(=O)O)C(C)(C)C. The second-order valence-electron chi connectivity index (χ2n) is 12.6. The summed E-state index contributed by atoms with van der Waals surface area (Å²) in [4.78, 5) is 13.3. The van der Waals surface area contributed by atoms with E-state index in [0.29, 0.717) is 12.5 Å². The smallest absolute Gasteiger partial charge is 0.408 e. The minimum absolute atomic E-state index is 0.0186. The maximum Gasteiger partial charge on any atom is 0.408 e. The topological polar surface area (TPSA) is 59.0 Å². The lowest BCUT2D eigenvalue weighted by atomic mass is 9.88. The molecule has 1 atom stereocenters. The van der Waals surface area contributed by atoms with Gasteiger partial charge in [-0.3, -0.25) is 4.90 Å². The lowest BCUT2D eigenvalue weighted by molar-refractivity contribution is -0.0265.